The summed E-state index contributed by atoms with van der Waals surface area (Å²) in [6, 6.07) is 7.78. The lowest BCUT2D eigenvalue weighted by atomic mass is 9.49. The fourth-order valence-corrected chi connectivity index (χ4v) is 5.83. The maximum atomic E-state index is 12.7. The van der Waals surface area contributed by atoms with Gasteiger partial charge >= 0.3 is 5.97 Å². The monoisotopic (exact) mass is 371 g/mol. The molecule has 4 aliphatic rings. The van der Waals surface area contributed by atoms with E-state index in [0.717, 1.165) is 37.0 Å². The average Bonchev–Trinajstić information content (AvgIpc) is 2.65. The molecule has 5 heteroatoms. The zero-order valence-electron chi connectivity index (χ0n) is 16.0. The van der Waals surface area contributed by atoms with Gasteiger partial charge in [-0.25, -0.2) is 0 Å². The van der Waals surface area contributed by atoms with Crippen LogP contribution in [0.4, 0.5) is 0 Å². The number of nitrogens with one attached hydrogen (secondary N) is 1. The van der Waals surface area contributed by atoms with Crippen molar-refractivity contribution in [1.29, 1.82) is 0 Å². The number of rotatable bonds is 7. The van der Waals surface area contributed by atoms with Crippen molar-refractivity contribution < 1.29 is 19.1 Å². The molecule has 4 aliphatic carbocycles. The Kier molecular flexibility index (Phi) is 5.11. The van der Waals surface area contributed by atoms with Crippen molar-refractivity contribution in [3.63, 3.8) is 0 Å². The topological polar surface area (TPSA) is 64.6 Å². The Balaban J connectivity index is 1.20. The molecule has 0 aliphatic heterocycles. The second kappa shape index (κ2) is 7.53. The first-order chi connectivity index (χ1) is 13.1. The van der Waals surface area contributed by atoms with Gasteiger partial charge in [0.2, 0.25) is 0 Å². The van der Waals surface area contributed by atoms with Gasteiger partial charge in [-0.15, -0.1) is 0 Å². The molecule has 4 bridgehead atoms. The van der Waals surface area contributed by atoms with Crippen molar-refractivity contribution in [2.75, 3.05) is 20.3 Å². The lowest BCUT2D eigenvalue weighted by Gasteiger charge is -2.55. The number of esters is 1. The van der Waals surface area contributed by atoms with Crippen LogP contribution in [0.5, 0.6) is 5.75 Å². The highest BCUT2D eigenvalue weighted by molar-refractivity contribution is 5.83. The van der Waals surface area contributed by atoms with Crippen molar-refractivity contribution in [2.45, 2.75) is 44.9 Å². The second-order valence-corrected chi connectivity index (χ2v) is 8.72. The summed E-state index contributed by atoms with van der Waals surface area (Å²) >= 11 is 0. The summed E-state index contributed by atoms with van der Waals surface area (Å²) < 4.78 is 10.6. The highest BCUT2D eigenvalue weighted by Crippen LogP contribution is 2.60. The molecular formula is C22H29NO4. The molecule has 27 heavy (non-hydrogen) atoms. The quantitative estimate of drug-likeness (QED) is 0.748. The van der Waals surface area contributed by atoms with Gasteiger partial charge in [0.25, 0.3) is 5.91 Å². The average molecular weight is 371 g/mol. The SMILES string of the molecule is COc1ccc(CCNC(=O)COC(=O)C23CC4CC(CC(C4)C2)C3)cc1. The van der Waals surface area contributed by atoms with Gasteiger partial charge in [0, 0.05) is 6.54 Å². The van der Waals surface area contributed by atoms with Crippen LogP contribution in [0.1, 0.15) is 44.1 Å². The van der Waals surface area contributed by atoms with E-state index in [2.05, 4.69) is 5.32 Å². The van der Waals surface area contributed by atoms with E-state index in [1.165, 1.54) is 19.3 Å². The first kappa shape index (κ1) is 18.3. The van der Waals surface area contributed by atoms with Crippen LogP contribution < -0.4 is 10.1 Å². The Morgan fingerprint density at radius 2 is 1.63 bits per heavy atom. The third-order valence-corrected chi connectivity index (χ3v) is 6.70. The first-order valence-electron chi connectivity index (χ1n) is 10.1. The second-order valence-electron chi connectivity index (χ2n) is 8.72. The van der Waals surface area contributed by atoms with Crippen LogP contribution in [0.3, 0.4) is 0 Å². The zero-order chi connectivity index (χ0) is 18.9. The van der Waals surface area contributed by atoms with E-state index in [9.17, 15) is 9.59 Å². The maximum Gasteiger partial charge on any atom is 0.312 e. The summed E-state index contributed by atoms with van der Waals surface area (Å²) in [7, 11) is 1.64. The zero-order valence-corrected chi connectivity index (χ0v) is 16.0. The van der Waals surface area contributed by atoms with Gasteiger partial charge in [-0.2, -0.15) is 0 Å². The molecule has 1 aromatic carbocycles. The minimum absolute atomic E-state index is 0.132. The van der Waals surface area contributed by atoms with Crippen molar-refractivity contribution in [3.8, 4) is 5.75 Å². The van der Waals surface area contributed by atoms with Crippen molar-refractivity contribution >= 4 is 11.9 Å². The Morgan fingerprint density at radius 3 is 2.19 bits per heavy atom. The summed E-state index contributed by atoms with van der Waals surface area (Å²) in [5.74, 6) is 2.55. The van der Waals surface area contributed by atoms with Gasteiger partial charge in [0.15, 0.2) is 6.61 Å². The Labute approximate surface area is 160 Å². The maximum absolute atomic E-state index is 12.7. The lowest BCUT2D eigenvalue weighted by molar-refractivity contribution is -0.173. The molecule has 0 heterocycles. The minimum atomic E-state index is -0.294. The van der Waals surface area contributed by atoms with Gasteiger partial charge in [0.1, 0.15) is 5.75 Å². The summed E-state index contributed by atoms with van der Waals surface area (Å²) in [6.45, 7) is 0.364. The molecule has 5 nitrogen and oxygen atoms in total. The van der Waals surface area contributed by atoms with Crippen LogP contribution in [0.15, 0.2) is 24.3 Å². The van der Waals surface area contributed by atoms with E-state index in [4.69, 9.17) is 9.47 Å². The largest absolute Gasteiger partial charge is 0.497 e. The van der Waals surface area contributed by atoms with Crippen LogP contribution in [0.25, 0.3) is 0 Å². The lowest BCUT2D eigenvalue weighted by Crippen LogP contribution is -2.51. The van der Waals surface area contributed by atoms with Crippen molar-refractivity contribution in [2.24, 2.45) is 23.2 Å². The van der Waals surface area contributed by atoms with Crippen molar-refractivity contribution in [1.82, 2.24) is 5.32 Å². The van der Waals surface area contributed by atoms with E-state index >= 15 is 0 Å². The molecule has 5 rings (SSSR count). The van der Waals surface area contributed by atoms with E-state index in [1.54, 1.807) is 7.11 Å². The number of amides is 1. The highest BCUT2D eigenvalue weighted by atomic mass is 16.5. The number of benzene rings is 1. The number of carbonyl (C=O) groups excluding carboxylic acids is 2. The highest BCUT2D eigenvalue weighted by Gasteiger charge is 2.55. The third-order valence-electron chi connectivity index (χ3n) is 6.70. The summed E-state index contributed by atoms with van der Waals surface area (Å²) in [5, 5.41) is 2.84. The number of carbonyl (C=O) groups is 2. The summed E-state index contributed by atoms with van der Waals surface area (Å²) in [5.41, 5.74) is 0.833. The molecule has 0 radical (unpaired) electrons. The minimum Gasteiger partial charge on any atom is -0.497 e. The van der Waals surface area contributed by atoms with E-state index in [0.29, 0.717) is 24.3 Å². The molecule has 0 unspecified atom stereocenters. The van der Waals surface area contributed by atoms with E-state index < -0.39 is 0 Å². The molecule has 0 atom stereocenters. The fourth-order valence-electron chi connectivity index (χ4n) is 5.83. The standard InChI is InChI=1S/C22H29NO4/c1-26-19-4-2-15(3-5-19)6-7-23-20(24)14-27-21(25)22-11-16-8-17(12-22)10-18(9-16)13-22/h2-5,16-18H,6-14H2,1H3,(H,23,24). The Hall–Kier alpha value is -2.04. The third kappa shape index (κ3) is 3.97. The fraction of sp³-hybridized carbons (Fsp3) is 0.636. The van der Waals surface area contributed by atoms with Gasteiger partial charge in [-0.05, 0) is 80.4 Å². The molecule has 1 aromatic rings. The summed E-state index contributed by atoms with van der Waals surface area (Å²) in [6.07, 6.45) is 7.51. The molecule has 0 aromatic heterocycles. The Bertz CT molecular complexity index is 661. The first-order valence-corrected chi connectivity index (χ1v) is 10.1. The van der Waals surface area contributed by atoms with E-state index in [1.807, 2.05) is 24.3 Å². The van der Waals surface area contributed by atoms with Crippen molar-refractivity contribution in [3.05, 3.63) is 29.8 Å². The molecule has 146 valence electrons. The molecule has 0 spiro atoms. The number of ether oxygens (including phenoxy) is 2. The predicted molar refractivity (Wildman–Crippen MR) is 101 cm³/mol. The van der Waals surface area contributed by atoms with Gasteiger partial charge in [-0.1, -0.05) is 12.1 Å². The predicted octanol–water partition coefficient (Wildman–Crippen LogP) is 3.11. The van der Waals surface area contributed by atoms with Gasteiger partial charge < -0.3 is 14.8 Å². The Morgan fingerprint density at radius 1 is 1.04 bits per heavy atom. The van der Waals surface area contributed by atoms with E-state index in [-0.39, 0.29) is 23.9 Å². The van der Waals surface area contributed by atoms with Crippen LogP contribution in [0, 0.1) is 23.2 Å². The van der Waals surface area contributed by atoms with Crippen LogP contribution in [0.2, 0.25) is 0 Å². The molecule has 1 amide bonds. The smallest absolute Gasteiger partial charge is 0.312 e. The van der Waals surface area contributed by atoms with Gasteiger partial charge in [-0.3, -0.25) is 9.59 Å². The van der Waals surface area contributed by atoms with Crippen LogP contribution >= 0.6 is 0 Å². The number of methoxy groups -OCH3 is 1. The van der Waals surface area contributed by atoms with Gasteiger partial charge in [0.05, 0.1) is 12.5 Å². The van der Waals surface area contributed by atoms with Crippen LogP contribution in [-0.2, 0) is 20.7 Å². The molecular weight excluding hydrogens is 342 g/mol. The summed E-state index contributed by atoms with van der Waals surface area (Å²) in [4.78, 5) is 24.8. The van der Waals surface area contributed by atoms with Crippen LogP contribution in [-0.4, -0.2) is 32.1 Å². The molecule has 1 N–H and O–H groups in total. The molecule has 4 saturated carbocycles. The number of hydrogen-bond acceptors (Lipinski definition) is 4. The molecule has 4 fully saturated rings. The normalized spacial score (nSPS) is 30.8. The number of hydrogen-bond donors (Lipinski definition) is 1. The molecule has 0 saturated heterocycles.